The largest absolute Gasteiger partial charge is 0.309 e. The second-order valence-corrected chi connectivity index (χ2v) is 3.07. The standard InChI is InChI=1S/C10H9F2N.ClH/c11-9-2-1-8(10(12)4-9)3-7-5-13-6-7;/h1-4,13H,5-6H2;1H. The van der Waals surface area contributed by atoms with Crippen LogP contribution in [0.3, 0.4) is 0 Å². The lowest BCUT2D eigenvalue weighted by molar-refractivity contribution is 0.581. The van der Waals surface area contributed by atoms with E-state index in [2.05, 4.69) is 5.32 Å². The molecule has 1 aromatic carbocycles. The van der Waals surface area contributed by atoms with Gasteiger partial charge < -0.3 is 5.32 Å². The highest BCUT2D eigenvalue weighted by Gasteiger charge is 2.08. The summed E-state index contributed by atoms with van der Waals surface area (Å²) < 4.78 is 25.6. The van der Waals surface area contributed by atoms with E-state index in [0.717, 1.165) is 24.7 Å². The van der Waals surface area contributed by atoms with E-state index in [-0.39, 0.29) is 12.4 Å². The average molecular weight is 218 g/mol. The van der Waals surface area contributed by atoms with Crippen LogP contribution < -0.4 is 5.32 Å². The normalized spacial score (nSPS) is 14.3. The summed E-state index contributed by atoms with van der Waals surface area (Å²) in [7, 11) is 0. The van der Waals surface area contributed by atoms with Gasteiger partial charge in [0, 0.05) is 24.7 Å². The molecule has 0 amide bonds. The summed E-state index contributed by atoms with van der Waals surface area (Å²) in [6.07, 6.45) is 1.76. The van der Waals surface area contributed by atoms with Gasteiger partial charge in [-0.1, -0.05) is 6.08 Å². The predicted octanol–water partition coefficient (Wildman–Crippen LogP) is 2.37. The first-order valence-corrected chi connectivity index (χ1v) is 4.11. The average Bonchev–Trinajstić information content (AvgIpc) is 1.99. The van der Waals surface area contributed by atoms with Gasteiger partial charge in [-0.2, -0.15) is 0 Å². The summed E-state index contributed by atoms with van der Waals surface area (Å²) in [6.45, 7) is 1.60. The highest BCUT2D eigenvalue weighted by molar-refractivity contribution is 5.85. The van der Waals surface area contributed by atoms with Gasteiger partial charge in [0.25, 0.3) is 0 Å². The van der Waals surface area contributed by atoms with Crippen LogP contribution in [-0.2, 0) is 0 Å². The van der Waals surface area contributed by atoms with Crippen molar-refractivity contribution in [3.63, 3.8) is 0 Å². The Balaban J connectivity index is 0.000000980. The zero-order chi connectivity index (χ0) is 9.26. The molecule has 1 aliphatic rings. The molecule has 14 heavy (non-hydrogen) atoms. The first kappa shape index (κ1) is 11.1. The Hall–Kier alpha value is -0.930. The van der Waals surface area contributed by atoms with Gasteiger partial charge in [0.05, 0.1) is 0 Å². The van der Waals surface area contributed by atoms with Gasteiger partial charge in [0.2, 0.25) is 0 Å². The minimum absolute atomic E-state index is 0. The van der Waals surface area contributed by atoms with Crippen LogP contribution in [0.2, 0.25) is 0 Å². The maximum Gasteiger partial charge on any atom is 0.133 e. The summed E-state index contributed by atoms with van der Waals surface area (Å²) in [5.41, 5.74) is 1.60. The zero-order valence-corrected chi connectivity index (χ0v) is 8.20. The molecule has 0 spiro atoms. The molecule has 1 heterocycles. The van der Waals surface area contributed by atoms with Gasteiger partial charge in [-0.25, -0.2) is 8.78 Å². The van der Waals surface area contributed by atoms with Crippen molar-refractivity contribution in [3.05, 3.63) is 41.0 Å². The summed E-state index contributed by atoms with van der Waals surface area (Å²) in [6, 6.07) is 3.62. The van der Waals surface area contributed by atoms with E-state index in [1.807, 2.05) is 0 Å². The van der Waals surface area contributed by atoms with Crippen molar-refractivity contribution in [2.75, 3.05) is 13.1 Å². The van der Waals surface area contributed by atoms with E-state index in [1.54, 1.807) is 6.08 Å². The Morgan fingerprint density at radius 2 is 1.93 bits per heavy atom. The molecular formula is C10H10ClF2N. The molecule has 1 N–H and O–H groups in total. The van der Waals surface area contributed by atoms with Crippen LogP contribution in [0.1, 0.15) is 5.56 Å². The topological polar surface area (TPSA) is 12.0 Å². The number of rotatable bonds is 1. The molecule has 76 valence electrons. The SMILES string of the molecule is Cl.Fc1ccc(C=C2CNC2)c(F)c1. The third kappa shape index (κ3) is 2.30. The lowest BCUT2D eigenvalue weighted by atomic mass is 10.1. The summed E-state index contributed by atoms with van der Waals surface area (Å²) in [5.74, 6) is -1.04. The molecular weight excluding hydrogens is 208 g/mol. The Labute approximate surface area is 87.2 Å². The van der Waals surface area contributed by atoms with Gasteiger partial charge in [0.1, 0.15) is 11.6 Å². The first-order chi connectivity index (χ1) is 6.25. The molecule has 1 aliphatic heterocycles. The van der Waals surface area contributed by atoms with Crippen LogP contribution in [0, 0.1) is 11.6 Å². The van der Waals surface area contributed by atoms with Crippen molar-refractivity contribution in [2.24, 2.45) is 0 Å². The van der Waals surface area contributed by atoms with E-state index in [9.17, 15) is 8.78 Å². The molecule has 0 aliphatic carbocycles. The summed E-state index contributed by atoms with van der Waals surface area (Å²) in [5, 5.41) is 3.05. The molecule has 1 saturated heterocycles. The molecule has 1 aromatic rings. The fourth-order valence-corrected chi connectivity index (χ4v) is 1.21. The maximum atomic E-state index is 13.1. The monoisotopic (exact) mass is 217 g/mol. The number of hydrogen-bond acceptors (Lipinski definition) is 1. The fourth-order valence-electron chi connectivity index (χ4n) is 1.21. The van der Waals surface area contributed by atoms with Gasteiger partial charge in [-0.15, -0.1) is 12.4 Å². The molecule has 0 atom stereocenters. The summed E-state index contributed by atoms with van der Waals surface area (Å²) in [4.78, 5) is 0. The molecule has 0 radical (unpaired) electrons. The highest BCUT2D eigenvalue weighted by atomic mass is 35.5. The van der Waals surface area contributed by atoms with E-state index in [1.165, 1.54) is 12.1 Å². The molecule has 2 rings (SSSR count). The molecule has 0 bridgehead atoms. The minimum atomic E-state index is -0.536. The molecule has 1 nitrogen and oxygen atoms in total. The molecule has 0 unspecified atom stereocenters. The van der Waals surface area contributed by atoms with Crippen molar-refractivity contribution >= 4 is 18.5 Å². The van der Waals surface area contributed by atoms with Crippen molar-refractivity contribution in [1.82, 2.24) is 5.32 Å². The second-order valence-electron chi connectivity index (χ2n) is 3.07. The number of halogens is 3. The van der Waals surface area contributed by atoms with E-state index >= 15 is 0 Å². The van der Waals surface area contributed by atoms with Crippen LogP contribution in [0.15, 0.2) is 23.8 Å². The first-order valence-electron chi connectivity index (χ1n) is 4.11. The van der Waals surface area contributed by atoms with Crippen LogP contribution >= 0.6 is 12.4 Å². The second kappa shape index (κ2) is 4.53. The van der Waals surface area contributed by atoms with Crippen molar-refractivity contribution in [1.29, 1.82) is 0 Å². The molecule has 0 aromatic heterocycles. The minimum Gasteiger partial charge on any atom is -0.309 e. The Morgan fingerprint density at radius 3 is 2.43 bits per heavy atom. The van der Waals surface area contributed by atoms with E-state index in [0.29, 0.717) is 5.56 Å². The number of nitrogens with one attached hydrogen (secondary N) is 1. The zero-order valence-electron chi connectivity index (χ0n) is 7.39. The van der Waals surface area contributed by atoms with Crippen LogP contribution in [0.5, 0.6) is 0 Å². The molecule has 4 heteroatoms. The van der Waals surface area contributed by atoms with E-state index in [4.69, 9.17) is 0 Å². The summed E-state index contributed by atoms with van der Waals surface area (Å²) >= 11 is 0. The van der Waals surface area contributed by atoms with Crippen molar-refractivity contribution in [3.8, 4) is 0 Å². The van der Waals surface area contributed by atoms with Crippen LogP contribution in [0.25, 0.3) is 6.08 Å². The molecule has 1 fully saturated rings. The van der Waals surface area contributed by atoms with Crippen LogP contribution in [0.4, 0.5) is 8.78 Å². The maximum absolute atomic E-state index is 13.1. The predicted molar refractivity (Wildman–Crippen MR) is 54.5 cm³/mol. The quantitative estimate of drug-likeness (QED) is 0.762. The third-order valence-corrected chi connectivity index (χ3v) is 2.03. The lowest BCUT2D eigenvalue weighted by Gasteiger charge is -2.18. The van der Waals surface area contributed by atoms with Crippen LogP contribution in [-0.4, -0.2) is 13.1 Å². The lowest BCUT2D eigenvalue weighted by Crippen LogP contribution is -2.33. The Kier molecular flexibility index (Phi) is 3.61. The van der Waals surface area contributed by atoms with Gasteiger partial charge >= 0.3 is 0 Å². The number of hydrogen-bond donors (Lipinski definition) is 1. The van der Waals surface area contributed by atoms with Crippen molar-refractivity contribution in [2.45, 2.75) is 0 Å². The van der Waals surface area contributed by atoms with E-state index < -0.39 is 11.6 Å². The Morgan fingerprint density at radius 1 is 1.21 bits per heavy atom. The van der Waals surface area contributed by atoms with Gasteiger partial charge in [-0.05, 0) is 17.7 Å². The fraction of sp³-hybridized carbons (Fsp3) is 0.200. The van der Waals surface area contributed by atoms with Gasteiger partial charge in [-0.3, -0.25) is 0 Å². The smallest absolute Gasteiger partial charge is 0.133 e. The van der Waals surface area contributed by atoms with Gasteiger partial charge in [0.15, 0.2) is 0 Å². The highest BCUT2D eigenvalue weighted by Crippen LogP contribution is 2.14. The van der Waals surface area contributed by atoms with Crippen molar-refractivity contribution < 1.29 is 8.78 Å². The number of benzene rings is 1. The molecule has 0 saturated carbocycles. The Bertz CT molecular complexity index is 357. The third-order valence-electron chi connectivity index (χ3n) is 2.03.